The molecule has 0 rings (SSSR count). The number of hydrogen-bond acceptors (Lipinski definition) is 3. The van der Waals surface area contributed by atoms with Crippen LogP contribution in [-0.2, 0) is 9.53 Å². The Kier molecular flexibility index (Phi) is 3.97. The number of esters is 1. The highest BCUT2D eigenvalue weighted by molar-refractivity contribution is 5.66. The van der Waals surface area contributed by atoms with Crippen molar-refractivity contribution in [1.82, 2.24) is 0 Å². The first-order chi connectivity index (χ1) is 4.66. The minimum Gasteiger partial charge on any atom is -0.459 e. The summed E-state index contributed by atoms with van der Waals surface area (Å²) in [6, 6.07) is 1.80. The van der Waals surface area contributed by atoms with E-state index in [0.717, 1.165) is 0 Å². The Balaban J connectivity index is 3.66. The standard InChI is InChI=1S/C7H9NO2/c1-6(4-3-5-8)10-7(2)9/h3-4,6H,1-2H3/b4-3+. The molecule has 0 fully saturated rings. The number of carbonyl (C=O) groups is 1. The molecule has 0 aliphatic rings. The molecule has 0 N–H and O–H groups in total. The Morgan fingerprint density at radius 1 is 1.80 bits per heavy atom. The lowest BCUT2D eigenvalue weighted by atomic mass is 10.3. The third-order valence-electron chi connectivity index (χ3n) is 0.794. The number of nitriles is 1. The summed E-state index contributed by atoms with van der Waals surface area (Å²) in [5.41, 5.74) is 0. The van der Waals surface area contributed by atoms with Gasteiger partial charge in [-0.15, -0.1) is 0 Å². The lowest BCUT2D eigenvalue weighted by Crippen LogP contribution is -2.08. The Labute approximate surface area is 59.9 Å². The second kappa shape index (κ2) is 4.57. The average molecular weight is 139 g/mol. The van der Waals surface area contributed by atoms with Crippen LogP contribution in [0.15, 0.2) is 12.2 Å². The maximum Gasteiger partial charge on any atom is 0.303 e. The third-order valence-corrected chi connectivity index (χ3v) is 0.794. The summed E-state index contributed by atoms with van der Waals surface area (Å²) >= 11 is 0. The van der Waals surface area contributed by atoms with Gasteiger partial charge in [-0.25, -0.2) is 0 Å². The molecule has 1 unspecified atom stereocenters. The van der Waals surface area contributed by atoms with Crippen LogP contribution in [0.5, 0.6) is 0 Å². The van der Waals surface area contributed by atoms with Crippen LogP contribution in [0.2, 0.25) is 0 Å². The molecule has 0 aromatic heterocycles. The van der Waals surface area contributed by atoms with E-state index in [2.05, 4.69) is 4.74 Å². The van der Waals surface area contributed by atoms with E-state index < -0.39 is 0 Å². The summed E-state index contributed by atoms with van der Waals surface area (Å²) in [6.07, 6.45) is 2.49. The zero-order chi connectivity index (χ0) is 7.98. The number of carbonyl (C=O) groups excluding carboxylic acids is 1. The van der Waals surface area contributed by atoms with Gasteiger partial charge >= 0.3 is 5.97 Å². The van der Waals surface area contributed by atoms with Crippen LogP contribution in [0.3, 0.4) is 0 Å². The van der Waals surface area contributed by atoms with Crippen molar-refractivity contribution in [3.63, 3.8) is 0 Å². The topological polar surface area (TPSA) is 50.1 Å². The van der Waals surface area contributed by atoms with Crippen LogP contribution in [0.4, 0.5) is 0 Å². The van der Waals surface area contributed by atoms with Gasteiger partial charge in [0.1, 0.15) is 6.10 Å². The summed E-state index contributed by atoms with van der Waals surface area (Å²) < 4.78 is 4.68. The van der Waals surface area contributed by atoms with Crippen LogP contribution in [-0.4, -0.2) is 12.1 Å². The van der Waals surface area contributed by atoms with Gasteiger partial charge in [0.2, 0.25) is 0 Å². The van der Waals surface area contributed by atoms with E-state index in [0.29, 0.717) is 0 Å². The quantitative estimate of drug-likeness (QED) is 0.424. The zero-order valence-electron chi connectivity index (χ0n) is 6.00. The number of allylic oxidation sites excluding steroid dienone is 1. The fraction of sp³-hybridized carbons (Fsp3) is 0.429. The fourth-order valence-corrected chi connectivity index (χ4v) is 0.480. The average Bonchev–Trinajstić information content (AvgIpc) is 1.82. The predicted octanol–water partition coefficient (Wildman–Crippen LogP) is 1.02. The van der Waals surface area contributed by atoms with Gasteiger partial charge in [-0.05, 0) is 13.0 Å². The number of hydrogen-bond donors (Lipinski definition) is 0. The van der Waals surface area contributed by atoms with E-state index in [1.807, 2.05) is 0 Å². The molecule has 10 heavy (non-hydrogen) atoms. The molecule has 1 atom stereocenters. The van der Waals surface area contributed by atoms with Gasteiger partial charge in [0, 0.05) is 13.0 Å². The molecule has 54 valence electrons. The normalized spacial score (nSPS) is 12.5. The van der Waals surface area contributed by atoms with Crippen LogP contribution >= 0.6 is 0 Å². The lowest BCUT2D eigenvalue weighted by Gasteiger charge is -2.03. The number of rotatable bonds is 2. The van der Waals surface area contributed by atoms with E-state index in [4.69, 9.17) is 5.26 Å². The van der Waals surface area contributed by atoms with E-state index in [1.54, 1.807) is 13.0 Å². The number of ether oxygens (including phenoxy) is 1. The van der Waals surface area contributed by atoms with E-state index in [-0.39, 0.29) is 12.1 Å². The summed E-state index contributed by atoms with van der Waals surface area (Å²) in [5.74, 6) is -0.338. The van der Waals surface area contributed by atoms with Crippen molar-refractivity contribution in [3.05, 3.63) is 12.2 Å². The molecule has 0 radical (unpaired) electrons. The highest BCUT2D eigenvalue weighted by atomic mass is 16.5. The molecule has 0 bridgehead atoms. The second-order valence-corrected chi connectivity index (χ2v) is 1.80. The summed E-state index contributed by atoms with van der Waals surface area (Å²) in [7, 11) is 0. The molecule has 0 aliphatic heterocycles. The van der Waals surface area contributed by atoms with Gasteiger partial charge in [-0.3, -0.25) is 4.79 Å². The molecule has 0 spiro atoms. The van der Waals surface area contributed by atoms with Crippen molar-refractivity contribution in [2.24, 2.45) is 0 Å². The van der Waals surface area contributed by atoms with E-state index in [9.17, 15) is 4.79 Å². The smallest absolute Gasteiger partial charge is 0.303 e. The molecule has 0 saturated heterocycles. The van der Waals surface area contributed by atoms with Crippen molar-refractivity contribution in [3.8, 4) is 6.07 Å². The van der Waals surface area contributed by atoms with E-state index >= 15 is 0 Å². The van der Waals surface area contributed by atoms with Crippen molar-refractivity contribution in [2.75, 3.05) is 0 Å². The predicted molar refractivity (Wildman–Crippen MR) is 36.0 cm³/mol. The summed E-state index contributed by atoms with van der Waals surface area (Å²) in [6.45, 7) is 3.02. The van der Waals surface area contributed by atoms with Crippen molar-refractivity contribution >= 4 is 5.97 Å². The molecule has 0 heterocycles. The molecular weight excluding hydrogens is 130 g/mol. The molecule has 0 aliphatic carbocycles. The molecular formula is C7H9NO2. The largest absolute Gasteiger partial charge is 0.459 e. The van der Waals surface area contributed by atoms with Crippen LogP contribution in [0.25, 0.3) is 0 Å². The van der Waals surface area contributed by atoms with Gasteiger partial charge < -0.3 is 4.74 Å². The summed E-state index contributed by atoms with van der Waals surface area (Å²) in [4.78, 5) is 10.3. The molecule has 0 saturated carbocycles. The van der Waals surface area contributed by atoms with Gasteiger partial charge in [-0.2, -0.15) is 5.26 Å². The van der Waals surface area contributed by atoms with Crippen LogP contribution in [0, 0.1) is 11.3 Å². The van der Waals surface area contributed by atoms with Crippen molar-refractivity contribution in [1.29, 1.82) is 5.26 Å². The van der Waals surface area contributed by atoms with Crippen LogP contribution < -0.4 is 0 Å². The SMILES string of the molecule is CC(=O)OC(C)/C=C/C#N. The molecule has 0 aromatic rings. The molecule has 3 nitrogen and oxygen atoms in total. The fourth-order valence-electron chi connectivity index (χ4n) is 0.480. The summed E-state index contributed by atoms with van der Waals surface area (Å²) in [5, 5.41) is 8.07. The van der Waals surface area contributed by atoms with Gasteiger partial charge in [-0.1, -0.05) is 0 Å². The minimum absolute atomic E-state index is 0.308. The Morgan fingerprint density at radius 3 is 2.80 bits per heavy atom. The molecule has 3 heteroatoms. The highest BCUT2D eigenvalue weighted by Gasteiger charge is 1.97. The Morgan fingerprint density at radius 2 is 2.40 bits per heavy atom. The minimum atomic E-state index is -0.338. The maximum atomic E-state index is 10.3. The third kappa shape index (κ3) is 4.85. The van der Waals surface area contributed by atoms with Crippen LogP contribution in [0.1, 0.15) is 13.8 Å². The first-order valence-electron chi connectivity index (χ1n) is 2.90. The molecule has 0 amide bonds. The second-order valence-electron chi connectivity index (χ2n) is 1.80. The Bertz CT molecular complexity index is 179. The lowest BCUT2D eigenvalue weighted by molar-refractivity contribution is -0.143. The zero-order valence-corrected chi connectivity index (χ0v) is 6.00. The van der Waals surface area contributed by atoms with Gasteiger partial charge in [0.15, 0.2) is 0 Å². The van der Waals surface area contributed by atoms with E-state index in [1.165, 1.54) is 19.1 Å². The molecule has 0 aromatic carbocycles. The van der Waals surface area contributed by atoms with Gasteiger partial charge in [0.25, 0.3) is 0 Å². The first kappa shape index (κ1) is 8.70. The monoisotopic (exact) mass is 139 g/mol. The number of nitrogens with zero attached hydrogens (tertiary/aromatic N) is 1. The Hall–Kier alpha value is -1.30. The van der Waals surface area contributed by atoms with Crippen molar-refractivity contribution < 1.29 is 9.53 Å². The van der Waals surface area contributed by atoms with Crippen molar-refractivity contribution in [2.45, 2.75) is 20.0 Å². The maximum absolute atomic E-state index is 10.3. The van der Waals surface area contributed by atoms with Gasteiger partial charge in [0.05, 0.1) is 6.07 Å². The highest BCUT2D eigenvalue weighted by Crippen LogP contribution is 1.91. The first-order valence-corrected chi connectivity index (χ1v) is 2.90.